The van der Waals surface area contributed by atoms with Crippen LogP contribution >= 0.6 is 11.3 Å². The largest absolute Gasteiger partial charge is 0.464 e. The lowest BCUT2D eigenvalue weighted by atomic mass is 9.98. The van der Waals surface area contributed by atoms with Gasteiger partial charge in [0.2, 0.25) is 0 Å². The maximum absolute atomic E-state index is 12.0. The summed E-state index contributed by atoms with van der Waals surface area (Å²) in [6, 6.07) is 0. The molecule has 122 valence electrons. The van der Waals surface area contributed by atoms with Crippen LogP contribution in [0.15, 0.2) is 5.38 Å². The number of hydrogen-bond donors (Lipinski definition) is 0. The normalized spacial score (nSPS) is 16.5. The summed E-state index contributed by atoms with van der Waals surface area (Å²) in [5.41, 5.74) is -0.115. The number of nitrogens with zero attached hydrogens (tertiary/aromatic N) is 2. The van der Waals surface area contributed by atoms with Crippen molar-refractivity contribution < 1.29 is 19.1 Å². The van der Waals surface area contributed by atoms with Gasteiger partial charge in [-0.3, -0.25) is 0 Å². The molecule has 0 spiro atoms. The first kappa shape index (κ1) is 16.7. The van der Waals surface area contributed by atoms with E-state index in [1.54, 1.807) is 10.3 Å². The van der Waals surface area contributed by atoms with Gasteiger partial charge in [0.1, 0.15) is 5.60 Å². The van der Waals surface area contributed by atoms with Gasteiger partial charge in [0.25, 0.3) is 0 Å². The van der Waals surface area contributed by atoms with Crippen molar-refractivity contribution in [3.63, 3.8) is 0 Å². The van der Waals surface area contributed by atoms with Crippen LogP contribution in [0, 0.1) is 0 Å². The van der Waals surface area contributed by atoms with Crippen LogP contribution in [0.1, 0.15) is 55.0 Å². The highest BCUT2D eigenvalue weighted by atomic mass is 32.1. The molecule has 0 aromatic carbocycles. The van der Waals surface area contributed by atoms with Crippen molar-refractivity contribution in [1.82, 2.24) is 9.88 Å². The third kappa shape index (κ3) is 4.19. The number of hydrogen-bond acceptors (Lipinski definition) is 6. The van der Waals surface area contributed by atoms with E-state index in [2.05, 4.69) is 9.72 Å². The average Bonchev–Trinajstić information content (AvgIpc) is 2.94. The summed E-state index contributed by atoms with van der Waals surface area (Å²) in [4.78, 5) is 29.5. The SMILES string of the molecule is COC(=O)c1csc(C2CCN(C(=O)OC(C)(C)C)CC2)n1. The molecule has 0 unspecified atom stereocenters. The molecule has 0 aliphatic carbocycles. The van der Waals surface area contributed by atoms with Crippen LogP contribution in [0.4, 0.5) is 4.79 Å². The van der Waals surface area contributed by atoms with Gasteiger partial charge in [-0.15, -0.1) is 11.3 Å². The number of rotatable bonds is 2. The minimum Gasteiger partial charge on any atom is -0.464 e. The van der Waals surface area contributed by atoms with Gasteiger partial charge in [-0.05, 0) is 33.6 Å². The van der Waals surface area contributed by atoms with E-state index < -0.39 is 11.6 Å². The van der Waals surface area contributed by atoms with E-state index in [9.17, 15) is 9.59 Å². The molecule has 0 N–H and O–H groups in total. The summed E-state index contributed by atoms with van der Waals surface area (Å²) >= 11 is 1.47. The molecule has 2 heterocycles. The van der Waals surface area contributed by atoms with Gasteiger partial charge >= 0.3 is 12.1 Å². The van der Waals surface area contributed by atoms with Crippen LogP contribution in [0.5, 0.6) is 0 Å². The van der Waals surface area contributed by atoms with E-state index in [0.717, 1.165) is 17.8 Å². The Kier molecular flexibility index (Phi) is 5.05. The molecule has 0 atom stereocenters. The Morgan fingerprint density at radius 3 is 2.50 bits per heavy atom. The molecular weight excluding hydrogens is 304 g/mol. The summed E-state index contributed by atoms with van der Waals surface area (Å²) < 4.78 is 10.0. The van der Waals surface area contributed by atoms with E-state index >= 15 is 0 Å². The average molecular weight is 326 g/mol. The first-order valence-electron chi connectivity index (χ1n) is 7.32. The van der Waals surface area contributed by atoms with E-state index in [1.807, 2.05) is 20.8 Å². The lowest BCUT2D eigenvalue weighted by Gasteiger charge is -2.32. The highest BCUT2D eigenvalue weighted by Crippen LogP contribution is 2.31. The summed E-state index contributed by atoms with van der Waals surface area (Å²) in [7, 11) is 1.35. The van der Waals surface area contributed by atoms with Crippen molar-refractivity contribution in [2.24, 2.45) is 0 Å². The summed E-state index contributed by atoms with van der Waals surface area (Å²) in [5.74, 6) is -0.129. The molecule has 1 amide bonds. The second kappa shape index (κ2) is 6.64. The fraction of sp³-hybridized carbons (Fsp3) is 0.667. The highest BCUT2D eigenvalue weighted by Gasteiger charge is 2.29. The van der Waals surface area contributed by atoms with Gasteiger partial charge in [0.15, 0.2) is 5.69 Å². The lowest BCUT2D eigenvalue weighted by Crippen LogP contribution is -2.41. The quantitative estimate of drug-likeness (QED) is 0.781. The van der Waals surface area contributed by atoms with Crippen molar-refractivity contribution in [1.29, 1.82) is 0 Å². The molecule has 1 aromatic rings. The molecule has 1 aromatic heterocycles. The molecule has 1 fully saturated rings. The van der Waals surface area contributed by atoms with Gasteiger partial charge < -0.3 is 14.4 Å². The van der Waals surface area contributed by atoms with Gasteiger partial charge in [0.05, 0.1) is 12.1 Å². The summed E-state index contributed by atoms with van der Waals surface area (Å²) in [6.07, 6.45) is 1.39. The number of amides is 1. The second-order valence-corrected chi connectivity index (χ2v) is 7.19. The monoisotopic (exact) mass is 326 g/mol. The lowest BCUT2D eigenvalue weighted by molar-refractivity contribution is 0.0204. The molecule has 22 heavy (non-hydrogen) atoms. The first-order chi connectivity index (χ1) is 10.3. The van der Waals surface area contributed by atoms with Gasteiger partial charge in [-0.25, -0.2) is 14.6 Å². The van der Waals surface area contributed by atoms with Crippen LogP contribution in [0.3, 0.4) is 0 Å². The fourth-order valence-electron chi connectivity index (χ4n) is 2.31. The number of piperidine rings is 1. The second-order valence-electron chi connectivity index (χ2n) is 6.30. The third-order valence-corrected chi connectivity index (χ3v) is 4.42. The Morgan fingerprint density at radius 2 is 1.95 bits per heavy atom. The molecule has 2 rings (SSSR count). The molecule has 0 saturated carbocycles. The summed E-state index contributed by atoms with van der Waals surface area (Å²) in [6.45, 7) is 6.88. The molecule has 1 aliphatic rings. The zero-order valence-corrected chi connectivity index (χ0v) is 14.2. The van der Waals surface area contributed by atoms with E-state index in [0.29, 0.717) is 18.8 Å². The third-order valence-electron chi connectivity index (χ3n) is 3.41. The highest BCUT2D eigenvalue weighted by molar-refractivity contribution is 7.09. The number of carbonyl (C=O) groups excluding carboxylic acids is 2. The Hall–Kier alpha value is -1.63. The number of carbonyl (C=O) groups is 2. The molecular formula is C15H22N2O4S. The molecule has 6 nitrogen and oxygen atoms in total. The van der Waals surface area contributed by atoms with Crippen molar-refractivity contribution in [3.05, 3.63) is 16.1 Å². The fourth-order valence-corrected chi connectivity index (χ4v) is 3.27. The zero-order valence-electron chi connectivity index (χ0n) is 13.4. The van der Waals surface area contributed by atoms with E-state index in [1.165, 1.54) is 18.4 Å². The van der Waals surface area contributed by atoms with Gasteiger partial charge in [-0.1, -0.05) is 0 Å². The smallest absolute Gasteiger partial charge is 0.410 e. The van der Waals surface area contributed by atoms with Crippen molar-refractivity contribution >= 4 is 23.4 Å². The van der Waals surface area contributed by atoms with Crippen LogP contribution in [-0.4, -0.2) is 47.7 Å². The molecule has 0 bridgehead atoms. The molecule has 1 saturated heterocycles. The number of methoxy groups -OCH3 is 1. The minimum atomic E-state index is -0.474. The van der Waals surface area contributed by atoms with Crippen LogP contribution in [0.25, 0.3) is 0 Å². The zero-order chi connectivity index (χ0) is 16.3. The standard InChI is InChI=1S/C15H22N2O4S/c1-15(2,3)21-14(19)17-7-5-10(6-8-17)12-16-11(9-22-12)13(18)20-4/h9-10H,5-8H2,1-4H3. The van der Waals surface area contributed by atoms with E-state index in [4.69, 9.17) is 4.74 Å². The van der Waals surface area contributed by atoms with Crippen molar-refractivity contribution in [3.8, 4) is 0 Å². The van der Waals surface area contributed by atoms with E-state index in [-0.39, 0.29) is 12.0 Å². The minimum absolute atomic E-state index is 0.264. The Balaban J connectivity index is 1.91. The predicted octanol–water partition coefficient (Wildman–Crippen LogP) is 3.04. The summed E-state index contributed by atoms with van der Waals surface area (Å²) in [5, 5.41) is 2.66. The van der Waals surface area contributed by atoms with Crippen LogP contribution in [0.2, 0.25) is 0 Å². The van der Waals surface area contributed by atoms with Crippen LogP contribution < -0.4 is 0 Å². The number of ether oxygens (including phenoxy) is 2. The van der Waals surface area contributed by atoms with Crippen molar-refractivity contribution in [2.75, 3.05) is 20.2 Å². The van der Waals surface area contributed by atoms with Gasteiger partial charge in [-0.2, -0.15) is 0 Å². The predicted molar refractivity (Wildman–Crippen MR) is 83.2 cm³/mol. The molecule has 7 heteroatoms. The van der Waals surface area contributed by atoms with Gasteiger partial charge in [0, 0.05) is 24.4 Å². The Morgan fingerprint density at radius 1 is 1.32 bits per heavy atom. The molecule has 1 aliphatic heterocycles. The number of esters is 1. The first-order valence-corrected chi connectivity index (χ1v) is 8.20. The Bertz CT molecular complexity index is 542. The van der Waals surface area contributed by atoms with Crippen molar-refractivity contribution in [2.45, 2.75) is 45.1 Å². The maximum atomic E-state index is 12.0. The Labute approximate surface area is 134 Å². The number of thiazole rings is 1. The maximum Gasteiger partial charge on any atom is 0.410 e. The topological polar surface area (TPSA) is 68.7 Å². The molecule has 0 radical (unpaired) electrons. The van der Waals surface area contributed by atoms with Crippen LogP contribution in [-0.2, 0) is 9.47 Å². The number of aromatic nitrogens is 1. The number of likely N-dealkylation sites (tertiary alicyclic amines) is 1.